The van der Waals surface area contributed by atoms with E-state index in [4.69, 9.17) is 16.9 Å². The molecule has 2 aromatic heterocycles. The van der Waals surface area contributed by atoms with Crippen LogP contribution in [0, 0.1) is 18.3 Å². The molecule has 0 fully saturated rings. The highest BCUT2D eigenvalue weighted by Gasteiger charge is 2.25. The number of aromatic nitrogens is 3. The quantitative estimate of drug-likeness (QED) is 0.665. The number of benzene rings is 1. The Balaban J connectivity index is 2.12. The van der Waals surface area contributed by atoms with Gasteiger partial charge < -0.3 is 0 Å². The SMILES string of the molecule is Cc1nnc2ccc(S(=O)(=O)N(CC#N)c3ccc(Cl)cc3)cn12. The van der Waals surface area contributed by atoms with E-state index in [1.54, 1.807) is 41.7 Å². The van der Waals surface area contributed by atoms with E-state index < -0.39 is 10.0 Å². The summed E-state index contributed by atoms with van der Waals surface area (Å²) in [5.74, 6) is 0.570. The molecule has 0 unspecified atom stereocenters. The summed E-state index contributed by atoms with van der Waals surface area (Å²) in [5.41, 5.74) is 0.909. The monoisotopic (exact) mass is 361 g/mol. The lowest BCUT2D eigenvalue weighted by atomic mass is 10.3. The predicted molar refractivity (Wildman–Crippen MR) is 89.3 cm³/mol. The smallest absolute Gasteiger partial charge is 0.266 e. The normalized spacial score (nSPS) is 11.4. The van der Waals surface area contributed by atoms with Crippen LogP contribution in [0.2, 0.25) is 5.02 Å². The number of hydrogen-bond acceptors (Lipinski definition) is 5. The van der Waals surface area contributed by atoms with Crippen molar-refractivity contribution >= 4 is 33.0 Å². The number of hydrogen-bond donors (Lipinski definition) is 0. The first-order chi connectivity index (χ1) is 11.4. The highest BCUT2D eigenvalue weighted by atomic mass is 35.5. The van der Waals surface area contributed by atoms with Crippen LogP contribution < -0.4 is 4.31 Å². The van der Waals surface area contributed by atoms with E-state index >= 15 is 0 Å². The molecule has 0 saturated heterocycles. The largest absolute Gasteiger partial charge is 0.285 e. The van der Waals surface area contributed by atoms with Gasteiger partial charge in [-0.15, -0.1) is 10.2 Å². The number of rotatable bonds is 4. The van der Waals surface area contributed by atoms with E-state index in [1.807, 2.05) is 6.07 Å². The van der Waals surface area contributed by atoms with Gasteiger partial charge in [0.2, 0.25) is 0 Å². The Labute approximate surface area is 143 Å². The molecule has 0 aliphatic heterocycles. The second kappa shape index (κ2) is 6.11. The van der Waals surface area contributed by atoms with Crippen LogP contribution in [0.4, 0.5) is 5.69 Å². The second-order valence-corrected chi connectivity index (χ2v) is 7.29. The molecule has 0 spiro atoms. The predicted octanol–water partition coefficient (Wildman–Crippen LogP) is 2.41. The van der Waals surface area contributed by atoms with E-state index in [2.05, 4.69) is 10.2 Å². The van der Waals surface area contributed by atoms with E-state index in [0.717, 1.165) is 4.31 Å². The van der Waals surface area contributed by atoms with Crippen molar-refractivity contribution in [3.8, 4) is 6.07 Å². The molecule has 0 aliphatic carbocycles. The molecule has 0 bridgehead atoms. The average Bonchev–Trinajstić information content (AvgIpc) is 2.94. The van der Waals surface area contributed by atoms with Gasteiger partial charge in [0.15, 0.2) is 5.65 Å². The number of aryl methyl sites for hydroxylation is 1. The first-order valence-electron chi connectivity index (χ1n) is 6.90. The Bertz CT molecular complexity index is 1040. The Morgan fingerprint density at radius 3 is 2.58 bits per heavy atom. The lowest BCUT2D eigenvalue weighted by molar-refractivity contribution is 0.592. The van der Waals surface area contributed by atoms with E-state index in [-0.39, 0.29) is 11.4 Å². The fraction of sp³-hybridized carbons (Fsp3) is 0.133. The summed E-state index contributed by atoms with van der Waals surface area (Å²) in [5, 5.41) is 17.4. The number of pyridine rings is 1. The molecule has 0 N–H and O–H groups in total. The summed E-state index contributed by atoms with van der Waals surface area (Å²) in [4.78, 5) is 0.0445. The molecule has 3 aromatic rings. The fourth-order valence-electron chi connectivity index (χ4n) is 2.25. The van der Waals surface area contributed by atoms with Gasteiger partial charge in [0.05, 0.1) is 11.8 Å². The van der Waals surface area contributed by atoms with Crippen LogP contribution in [0.1, 0.15) is 5.82 Å². The maximum atomic E-state index is 13.0. The summed E-state index contributed by atoms with van der Waals surface area (Å²) < 4.78 is 28.6. The summed E-state index contributed by atoms with van der Waals surface area (Å²) in [6.07, 6.45) is 1.44. The molecule has 0 amide bonds. The van der Waals surface area contributed by atoms with Crippen molar-refractivity contribution in [2.24, 2.45) is 0 Å². The van der Waals surface area contributed by atoms with Crippen LogP contribution in [-0.2, 0) is 10.0 Å². The lowest BCUT2D eigenvalue weighted by Crippen LogP contribution is -2.31. The summed E-state index contributed by atoms with van der Waals surface area (Å²) in [6, 6.07) is 11.2. The van der Waals surface area contributed by atoms with Gasteiger partial charge >= 0.3 is 0 Å². The van der Waals surface area contributed by atoms with Gasteiger partial charge in [-0.2, -0.15) is 5.26 Å². The van der Waals surface area contributed by atoms with Gasteiger partial charge in [-0.3, -0.25) is 8.71 Å². The Morgan fingerprint density at radius 1 is 1.21 bits per heavy atom. The third kappa shape index (κ3) is 2.79. The van der Waals surface area contributed by atoms with E-state index in [1.165, 1.54) is 12.3 Å². The first kappa shape index (κ1) is 16.2. The van der Waals surface area contributed by atoms with Crippen LogP contribution in [-0.4, -0.2) is 29.6 Å². The van der Waals surface area contributed by atoms with Crippen LogP contribution >= 0.6 is 11.6 Å². The third-order valence-corrected chi connectivity index (χ3v) is 5.47. The molecular weight excluding hydrogens is 350 g/mol. The zero-order valence-corrected chi connectivity index (χ0v) is 14.2. The number of fused-ring (bicyclic) bond motifs is 1. The molecule has 1 aromatic carbocycles. The first-order valence-corrected chi connectivity index (χ1v) is 8.72. The third-order valence-electron chi connectivity index (χ3n) is 3.46. The zero-order chi connectivity index (χ0) is 17.3. The van der Waals surface area contributed by atoms with Gasteiger partial charge in [-0.25, -0.2) is 8.42 Å². The van der Waals surface area contributed by atoms with Crippen LogP contribution in [0.15, 0.2) is 47.5 Å². The number of halogens is 1. The molecule has 7 nitrogen and oxygen atoms in total. The van der Waals surface area contributed by atoms with Gasteiger partial charge in [0.1, 0.15) is 17.3 Å². The number of nitrogens with zero attached hydrogens (tertiary/aromatic N) is 5. The molecule has 2 heterocycles. The highest BCUT2D eigenvalue weighted by Crippen LogP contribution is 2.25. The minimum Gasteiger partial charge on any atom is -0.285 e. The molecule has 0 saturated carbocycles. The van der Waals surface area contributed by atoms with Crippen LogP contribution in [0.5, 0.6) is 0 Å². The number of sulfonamides is 1. The minimum atomic E-state index is -3.92. The molecule has 24 heavy (non-hydrogen) atoms. The van der Waals surface area contributed by atoms with Crippen molar-refractivity contribution in [3.05, 3.63) is 53.4 Å². The topological polar surface area (TPSA) is 91.4 Å². The summed E-state index contributed by atoms with van der Waals surface area (Å²) in [6.45, 7) is 1.41. The van der Waals surface area contributed by atoms with Gasteiger partial charge in [-0.05, 0) is 43.3 Å². The summed E-state index contributed by atoms with van der Waals surface area (Å²) in [7, 11) is -3.92. The molecule has 0 radical (unpaired) electrons. The number of nitriles is 1. The Morgan fingerprint density at radius 2 is 1.92 bits per heavy atom. The molecular formula is C15H12ClN5O2S. The highest BCUT2D eigenvalue weighted by molar-refractivity contribution is 7.92. The van der Waals surface area contributed by atoms with Gasteiger partial charge in [0.25, 0.3) is 10.0 Å². The Kier molecular flexibility index (Phi) is 4.13. The molecule has 122 valence electrons. The van der Waals surface area contributed by atoms with Crippen molar-refractivity contribution in [2.45, 2.75) is 11.8 Å². The standard InChI is InChI=1S/C15H12ClN5O2S/c1-11-18-19-15-7-6-14(10-20(11)15)24(22,23)21(9-8-17)13-4-2-12(16)3-5-13/h2-7,10H,9H2,1H3. The van der Waals surface area contributed by atoms with Crippen molar-refractivity contribution in [2.75, 3.05) is 10.8 Å². The van der Waals surface area contributed by atoms with Gasteiger partial charge in [-0.1, -0.05) is 11.6 Å². The zero-order valence-electron chi connectivity index (χ0n) is 12.6. The van der Waals surface area contributed by atoms with Crippen LogP contribution in [0.25, 0.3) is 5.65 Å². The van der Waals surface area contributed by atoms with Crippen molar-refractivity contribution in [1.29, 1.82) is 5.26 Å². The Hall–Kier alpha value is -2.63. The van der Waals surface area contributed by atoms with Crippen molar-refractivity contribution < 1.29 is 8.42 Å². The molecule has 0 aliphatic rings. The second-order valence-electron chi connectivity index (χ2n) is 4.99. The molecule has 9 heteroatoms. The maximum Gasteiger partial charge on any atom is 0.266 e. The lowest BCUT2D eigenvalue weighted by Gasteiger charge is -2.21. The average molecular weight is 362 g/mol. The van der Waals surface area contributed by atoms with Gasteiger partial charge in [0, 0.05) is 11.2 Å². The molecule has 3 rings (SSSR count). The van der Waals surface area contributed by atoms with E-state index in [9.17, 15) is 8.42 Å². The maximum absolute atomic E-state index is 13.0. The minimum absolute atomic E-state index is 0.0445. The van der Waals surface area contributed by atoms with Crippen molar-refractivity contribution in [1.82, 2.24) is 14.6 Å². The summed E-state index contributed by atoms with van der Waals surface area (Å²) >= 11 is 5.84. The van der Waals surface area contributed by atoms with E-state index in [0.29, 0.717) is 22.2 Å². The fourth-order valence-corrected chi connectivity index (χ4v) is 3.74. The van der Waals surface area contributed by atoms with Crippen LogP contribution in [0.3, 0.4) is 0 Å². The van der Waals surface area contributed by atoms with Crippen molar-refractivity contribution in [3.63, 3.8) is 0 Å². The number of anilines is 1. The molecule has 0 atom stereocenters.